The third-order valence-electron chi connectivity index (χ3n) is 4.20. The van der Waals surface area contributed by atoms with Crippen LogP contribution >= 0.6 is 0 Å². The second kappa shape index (κ2) is 4.30. The van der Waals surface area contributed by atoms with Crippen molar-refractivity contribution in [2.75, 3.05) is 13.6 Å². The molecule has 2 heterocycles. The largest absolute Gasteiger partial charge is 0.328 e. The Morgan fingerprint density at radius 3 is 2.94 bits per heavy atom. The van der Waals surface area contributed by atoms with Crippen molar-refractivity contribution in [2.24, 2.45) is 0 Å². The van der Waals surface area contributed by atoms with Crippen LogP contribution < -0.4 is 0 Å². The van der Waals surface area contributed by atoms with Crippen molar-refractivity contribution in [3.8, 4) is 0 Å². The molecule has 0 aromatic rings. The molecule has 1 saturated heterocycles. The van der Waals surface area contributed by atoms with E-state index in [9.17, 15) is 4.79 Å². The lowest BCUT2D eigenvalue weighted by Gasteiger charge is -2.43. The van der Waals surface area contributed by atoms with Crippen molar-refractivity contribution in [1.29, 1.82) is 0 Å². The first-order valence-electron chi connectivity index (χ1n) is 6.82. The molecular weight excluding hydrogens is 224 g/mol. The fourth-order valence-corrected chi connectivity index (χ4v) is 3.22. The van der Waals surface area contributed by atoms with E-state index in [-0.39, 0.29) is 5.91 Å². The second-order valence-corrected chi connectivity index (χ2v) is 5.32. The Bertz CT molecular complexity index is 485. The fraction of sp³-hybridized carbons (Fsp3) is 0.533. The molecular formula is C15H20N2O. The lowest BCUT2D eigenvalue weighted by atomic mass is 9.86. The van der Waals surface area contributed by atoms with Gasteiger partial charge in [-0.2, -0.15) is 0 Å². The van der Waals surface area contributed by atoms with Crippen LogP contribution in [0.1, 0.15) is 39.0 Å². The Balaban J connectivity index is 1.97. The number of hydrogen-bond donors (Lipinski definition) is 0. The summed E-state index contributed by atoms with van der Waals surface area (Å²) in [6, 6.07) is 0. The first-order valence-corrected chi connectivity index (χ1v) is 6.82. The highest BCUT2D eigenvalue weighted by Gasteiger charge is 2.31. The van der Waals surface area contributed by atoms with Crippen molar-refractivity contribution in [1.82, 2.24) is 9.80 Å². The number of rotatable bonds is 1. The molecule has 3 heteroatoms. The third-order valence-corrected chi connectivity index (χ3v) is 4.20. The van der Waals surface area contributed by atoms with E-state index in [0.717, 1.165) is 18.8 Å². The number of piperidine rings is 1. The molecule has 0 saturated carbocycles. The molecule has 0 radical (unpaired) electrons. The first-order chi connectivity index (χ1) is 8.68. The molecule has 0 bridgehead atoms. The lowest BCUT2D eigenvalue weighted by Crippen LogP contribution is -2.40. The molecule has 0 atom stereocenters. The summed E-state index contributed by atoms with van der Waals surface area (Å²) in [6.07, 6.45) is 10.4. The van der Waals surface area contributed by atoms with Crippen molar-refractivity contribution in [3.63, 3.8) is 0 Å². The number of hydrogen-bond acceptors (Lipinski definition) is 2. The normalized spacial score (nSPS) is 22.2. The van der Waals surface area contributed by atoms with Gasteiger partial charge in [-0.05, 0) is 49.3 Å². The van der Waals surface area contributed by atoms with Crippen molar-refractivity contribution in [2.45, 2.75) is 39.0 Å². The lowest BCUT2D eigenvalue weighted by molar-refractivity contribution is -0.126. The predicted octanol–water partition coefficient (Wildman–Crippen LogP) is 2.78. The van der Waals surface area contributed by atoms with Gasteiger partial charge in [-0.25, -0.2) is 0 Å². The van der Waals surface area contributed by atoms with E-state index in [0.29, 0.717) is 0 Å². The molecule has 3 aliphatic rings. The molecule has 0 unspecified atom stereocenters. The van der Waals surface area contributed by atoms with Crippen molar-refractivity contribution in [3.05, 3.63) is 34.8 Å². The van der Waals surface area contributed by atoms with Gasteiger partial charge in [-0.15, -0.1) is 0 Å². The summed E-state index contributed by atoms with van der Waals surface area (Å²) >= 11 is 0. The summed E-state index contributed by atoms with van der Waals surface area (Å²) in [4.78, 5) is 15.7. The zero-order chi connectivity index (χ0) is 12.7. The minimum Gasteiger partial charge on any atom is -0.328 e. The van der Waals surface area contributed by atoms with Crippen LogP contribution in [0.15, 0.2) is 34.8 Å². The molecule has 96 valence electrons. The number of allylic oxidation sites excluding steroid dienone is 4. The maximum atomic E-state index is 11.6. The molecule has 3 rings (SSSR count). The summed E-state index contributed by atoms with van der Waals surface area (Å²) in [5.41, 5.74) is 4.50. The van der Waals surface area contributed by atoms with Gasteiger partial charge in [-0.1, -0.05) is 6.08 Å². The maximum absolute atomic E-state index is 11.6. The van der Waals surface area contributed by atoms with Crippen molar-refractivity contribution < 1.29 is 4.79 Å². The Hall–Kier alpha value is -1.51. The molecule has 0 aromatic heterocycles. The van der Waals surface area contributed by atoms with Crippen molar-refractivity contribution >= 4 is 5.91 Å². The zero-order valence-electron chi connectivity index (χ0n) is 11.2. The van der Waals surface area contributed by atoms with Gasteiger partial charge < -0.3 is 9.80 Å². The highest BCUT2D eigenvalue weighted by molar-refractivity contribution is 5.75. The second-order valence-electron chi connectivity index (χ2n) is 5.32. The quantitative estimate of drug-likeness (QED) is 0.708. The van der Waals surface area contributed by atoms with Gasteiger partial charge in [0.2, 0.25) is 5.91 Å². The van der Waals surface area contributed by atoms with E-state index in [1.54, 1.807) is 17.4 Å². The average molecular weight is 244 g/mol. The fourth-order valence-electron chi connectivity index (χ4n) is 3.22. The summed E-state index contributed by atoms with van der Waals surface area (Å²) in [6.45, 7) is 2.67. The highest BCUT2D eigenvalue weighted by atomic mass is 16.2. The van der Waals surface area contributed by atoms with Crippen LogP contribution in [-0.2, 0) is 4.79 Å². The molecule has 0 N–H and O–H groups in total. The van der Waals surface area contributed by atoms with Gasteiger partial charge in [0.15, 0.2) is 0 Å². The van der Waals surface area contributed by atoms with E-state index >= 15 is 0 Å². The van der Waals surface area contributed by atoms with E-state index in [1.165, 1.54) is 37.0 Å². The summed E-state index contributed by atoms with van der Waals surface area (Å²) in [5, 5.41) is 0. The van der Waals surface area contributed by atoms with Gasteiger partial charge in [0, 0.05) is 26.2 Å². The minimum atomic E-state index is 0.109. The number of carbonyl (C=O) groups is 1. The van der Waals surface area contributed by atoms with Crippen LogP contribution in [-0.4, -0.2) is 29.3 Å². The van der Waals surface area contributed by atoms with Crippen LogP contribution in [0.2, 0.25) is 0 Å². The van der Waals surface area contributed by atoms with Gasteiger partial charge in [0.25, 0.3) is 0 Å². The van der Waals surface area contributed by atoms with E-state index in [4.69, 9.17) is 0 Å². The molecule has 18 heavy (non-hydrogen) atoms. The smallest absolute Gasteiger partial charge is 0.224 e. The zero-order valence-corrected chi connectivity index (χ0v) is 11.2. The summed E-state index contributed by atoms with van der Waals surface area (Å²) < 4.78 is 0. The Morgan fingerprint density at radius 1 is 1.33 bits per heavy atom. The van der Waals surface area contributed by atoms with E-state index in [1.807, 2.05) is 7.05 Å². The Kier molecular flexibility index (Phi) is 2.77. The predicted molar refractivity (Wildman–Crippen MR) is 71.4 cm³/mol. The number of amides is 1. The molecule has 2 aliphatic heterocycles. The Morgan fingerprint density at radius 2 is 2.17 bits per heavy atom. The Labute approximate surface area is 108 Å². The monoisotopic (exact) mass is 244 g/mol. The van der Waals surface area contributed by atoms with E-state index < -0.39 is 0 Å². The highest BCUT2D eigenvalue weighted by Crippen LogP contribution is 2.41. The van der Waals surface area contributed by atoms with Crippen LogP contribution in [0, 0.1) is 0 Å². The molecule has 0 spiro atoms. The number of carbonyl (C=O) groups excluding carboxylic acids is 1. The molecule has 1 fully saturated rings. The standard InChI is InChI=1S/C15H20N2O/c1-11(18)16(2)14-9-8-13-6-3-5-12-7-4-10-17(14)15(12)13/h5,9H,3-4,6-8,10H2,1-2H3. The van der Waals surface area contributed by atoms with Crippen LogP contribution in [0.25, 0.3) is 0 Å². The maximum Gasteiger partial charge on any atom is 0.224 e. The molecule has 3 nitrogen and oxygen atoms in total. The van der Waals surface area contributed by atoms with Gasteiger partial charge in [0.1, 0.15) is 5.82 Å². The van der Waals surface area contributed by atoms with E-state index in [2.05, 4.69) is 17.1 Å². The topological polar surface area (TPSA) is 23.6 Å². The SMILES string of the molecule is CC(=O)N(C)C1=CCC2=C3C(=CCC2)CCCN13. The minimum absolute atomic E-state index is 0.109. The van der Waals surface area contributed by atoms with Gasteiger partial charge in [0.05, 0.1) is 0 Å². The third kappa shape index (κ3) is 1.69. The van der Waals surface area contributed by atoms with Crippen LogP contribution in [0.5, 0.6) is 0 Å². The average Bonchev–Trinajstić information content (AvgIpc) is 2.39. The molecule has 1 aliphatic carbocycles. The summed E-state index contributed by atoms with van der Waals surface area (Å²) in [5.74, 6) is 1.19. The van der Waals surface area contributed by atoms with Gasteiger partial charge >= 0.3 is 0 Å². The molecule has 1 amide bonds. The number of nitrogens with zero attached hydrogens (tertiary/aromatic N) is 2. The first kappa shape index (κ1) is 11.6. The summed E-state index contributed by atoms with van der Waals surface area (Å²) in [7, 11) is 1.88. The van der Waals surface area contributed by atoms with Gasteiger partial charge in [-0.3, -0.25) is 4.79 Å². The van der Waals surface area contributed by atoms with Crippen LogP contribution in [0.3, 0.4) is 0 Å². The molecule has 0 aromatic carbocycles. The van der Waals surface area contributed by atoms with Crippen LogP contribution in [0.4, 0.5) is 0 Å².